The molecule has 2 aromatic rings. The van der Waals surface area contributed by atoms with Crippen LogP contribution in [0.2, 0.25) is 0 Å². The van der Waals surface area contributed by atoms with Gasteiger partial charge in [-0.3, -0.25) is 9.59 Å². The van der Waals surface area contributed by atoms with Gasteiger partial charge >= 0.3 is 0 Å². The Hall–Kier alpha value is -2.11. The van der Waals surface area contributed by atoms with Crippen molar-refractivity contribution in [2.75, 3.05) is 25.5 Å². The summed E-state index contributed by atoms with van der Waals surface area (Å²) >= 11 is 7.74. The molecule has 1 aromatic carbocycles. The summed E-state index contributed by atoms with van der Waals surface area (Å²) in [5, 5.41) is 2.09. The van der Waals surface area contributed by atoms with Crippen LogP contribution in [-0.2, 0) is 16.0 Å². The molecule has 0 radical (unpaired) electrons. The van der Waals surface area contributed by atoms with E-state index >= 15 is 0 Å². The monoisotopic (exact) mass is 430 g/mol. The first-order valence-electron chi connectivity index (χ1n) is 9.76. The van der Waals surface area contributed by atoms with E-state index in [0.29, 0.717) is 13.1 Å². The molecule has 0 aliphatic carbocycles. The van der Waals surface area contributed by atoms with Gasteiger partial charge in [-0.05, 0) is 42.8 Å². The number of nitrogens with zero attached hydrogens (tertiary/aromatic N) is 2. The molecule has 1 aliphatic heterocycles. The summed E-state index contributed by atoms with van der Waals surface area (Å²) < 4.78 is 0. The zero-order valence-electron chi connectivity index (χ0n) is 16.9. The first-order chi connectivity index (χ1) is 13.9. The highest BCUT2D eigenvalue weighted by molar-refractivity contribution is 7.10. The molecule has 0 saturated heterocycles. The van der Waals surface area contributed by atoms with Gasteiger partial charge in [0.25, 0.3) is 0 Å². The minimum absolute atomic E-state index is 0.0218. The average Bonchev–Trinajstić information content (AvgIpc) is 3.21. The smallest absolute Gasteiger partial charge is 0.243 e. The van der Waals surface area contributed by atoms with E-state index in [1.165, 1.54) is 10.4 Å². The molecule has 1 aromatic heterocycles. The van der Waals surface area contributed by atoms with Crippen molar-refractivity contribution in [3.05, 3.63) is 70.4 Å². The van der Waals surface area contributed by atoms with Crippen LogP contribution in [0.15, 0.2) is 54.4 Å². The maximum absolute atomic E-state index is 13.4. The normalized spacial score (nSPS) is 16.2. The fourth-order valence-corrected chi connectivity index (χ4v) is 4.71. The van der Waals surface area contributed by atoms with Gasteiger partial charge in [0, 0.05) is 23.8 Å². The predicted molar refractivity (Wildman–Crippen MR) is 119 cm³/mol. The Morgan fingerprint density at radius 2 is 2.03 bits per heavy atom. The Balaban J connectivity index is 1.88. The Bertz CT molecular complexity index is 878. The standard InChI is InChI=1S/C23H27ClN2O2S/c1-4-12-25(22(28)23(2,3)16-24)15-20(27)26-13-10-19-18(11-14-29-19)21(26)17-8-6-5-7-9-17/h4-9,11,14,21H,1,10,12-13,15-16H2,2-3H3. The van der Waals surface area contributed by atoms with Gasteiger partial charge in [0.15, 0.2) is 0 Å². The molecule has 1 aliphatic rings. The fraction of sp³-hybridized carbons (Fsp3) is 0.391. The highest BCUT2D eigenvalue weighted by Gasteiger charge is 2.36. The lowest BCUT2D eigenvalue weighted by atomic mass is 9.92. The molecular weight excluding hydrogens is 404 g/mol. The van der Waals surface area contributed by atoms with Crippen LogP contribution < -0.4 is 0 Å². The molecular formula is C23H27ClN2O2S. The van der Waals surface area contributed by atoms with Crippen LogP contribution >= 0.6 is 22.9 Å². The van der Waals surface area contributed by atoms with E-state index in [9.17, 15) is 9.59 Å². The Labute approximate surface area is 181 Å². The molecule has 1 unspecified atom stereocenters. The number of hydrogen-bond acceptors (Lipinski definition) is 3. The molecule has 0 fully saturated rings. The van der Waals surface area contributed by atoms with Crippen molar-refractivity contribution < 1.29 is 9.59 Å². The van der Waals surface area contributed by atoms with Crippen LogP contribution in [0.4, 0.5) is 0 Å². The zero-order valence-corrected chi connectivity index (χ0v) is 18.5. The molecule has 0 saturated carbocycles. The average molecular weight is 431 g/mol. The third kappa shape index (κ3) is 4.57. The Morgan fingerprint density at radius 3 is 2.69 bits per heavy atom. The molecule has 0 N–H and O–H groups in total. The van der Waals surface area contributed by atoms with Crippen molar-refractivity contribution in [1.29, 1.82) is 0 Å². The summed E-state index contributed by atoms with van der Waals surface area (Å²) in [6, 6.07) is 12.1. The fourth-order valence-electron chi connectivity index (χ4n) is 3.69. The second-order valence-electron chi connectivity index (χ2n) is 7.94. The molecule has 4 nitrogen and oxygen atoms in total. The molecule has 29 heavy (non-hydrogen) atoms. The van der Waals surface area contributed by atoms with Gasteiger partial charge in [-0.15, -0.1) is 29.5 Å². The topological polar surface area (TPSA) is 40.6 Å². The van der Waals surface area contributed by atoms with Crippen LogP contribution in [0.3, 0.4) is 0 Å². The van der Waals surface area contributed by atoms with Crippen molar-refractivity contribution in [2.24, 2.45) is 5.41 Å². The van der Waals surface area contributed by atoms with Gasteiger partial charge < -0.3 is 9.80 Å². The van der Waals surface area contributed by atoms with Crippen LogP contribution in [-0.4, -0.2) is 47.1 Å². The number of halogens is 1. The minimum atomic E-state index is -0.730. The predicted octanol–water partition coefficient (Wildman–Crippen LogP) is 4.50. The summed E-state index contributed by atoms with van der Waals surface area (Å²) in [7, 11) is 0. The maximum Gasteiger partial charge on any atom is 0.243 e. The van der Waals surface area contributed by atoms with E-state index in [-0.39, 0.29) is 30.3 Å². The number of carbonyl (C=O) groups is 2. The lowest BCUT2D eigenvalue weighted by molar-refractivity contribution is -0.145. The SMILES string of the molecule is C=CCN(CC(=O)N1CCc2sccc2C1c1ccccc1)C(=O)C(C)(C)CCl. The molecule has 0 spiro atoms. The van der Waals surface area contributed by atoms with Crippen LogP contribution in [0, 0.1) is 5.41 Å². The van der Waals surface area contributed by atoms with E-state index in [4.69, 9.17) is 11.6 Å². The summed E-state index contributed by atoms with van der Waals surface area (Å²) in [5.74, 6) is 0.00367. The van der Waals surface area contributed by atoms with E-state index < -0.39 is 5.41 Å². The van der Waals surface area contributed by atoms with Crippen molar-refractivity contribution in [3.8, 4) is 0 Å². The number of thiophene rings is 1. The van der Waals surface area contributed by atoms with Gasteiger partial charge in [0.2, 0.25) is 11.8 Å². The summed E-state index contributed by atoms with van der Waals surface area (Å²) in [5.41, 5.74) is 1.54. The summed E-state index contributed by atoms with van der Waals surface area (Å²) in [4.78, 5) is 31.1. The van der Waals surface area contributed by atoms with E-state index in [1.807, 2.05) is 23.1 Å². The molecule has 2 heterocycles. The maximum atomic E-state index is 13.4. The quantitative estimate of drug-likeness (QED) is 0.479. The molecule has 1 atom stereocenters. The number of fused-ring (bicyclic) bond motifs is 1. The number of rotatable bonds is 7. The lowest BCUT2D eigenvalue weighted by Crippen LogP contribution is -2.49. The molecule has 154 valence electrons. The van der Waals surface area contributed by atoms with Gasteiger partial charge in [0.05, 0.1) is 11.5 Å². The first kappa shape index (κ1) is 21.6. The van der Waals surface area contributed by atoms with Crippen molar-refractivity contribution in [2.45, 2.75) is 26.3 Å². The van der Waals surface area contributed by atoms with Crippen LogP contribution in [0.25, 0.3) is 0 Å². The van der Waals surface area contributed by atoms with Gasteiger partial charge in [0.1, 0.15) is 6.54 Å². The van der Waals surface area contributed by atoms with Crippen LogP contribution in [0.5, 0.6) is 0 Å². The first-order valence-corrected chi connectivity index (χ1v) is 11.2. The largest absolute Gasteiger partial charge is 0.330 e. The van der Waals surface area contributed by atoms with E-state index in [0.717, 1.165) is 12.0 Å². The number of amides is 2. The third-order valence-corrected chi connectivity index (χ3v) is 6.94. The number of hydrogen-bond donors (Lipinski definition) is 0. The third-order valence-electron chi connectivity index (χ3n) is 5.28. The molecule has 0 bridgehead atoms. The Morgan fingerprint density at radius 1 is 1.31 bits per heavy atom. The zero-order chi connectivity index (χ0) is 21.0. The van der Waals surface area contributed by atoms with Gasteiger partial charge in [-0.25, -0.2) is 0 Å². The molecule has 2 amide bonds. The molecule has 6 heteroatoms. The Kier molecular flexibility index (Phi) is 6.81. The van der Waals surface area contributed by atoms with E-state index in [1.54, 1.807) is 36.2 Å². The van der Waals surface area contributed by atoms with Gasteiger partial charge in [-0.1, -0.05) is 36.4 Å². The van der Waals surface area contributed by atoms with Gasteiger partial charge in [-0.2, -0.15) is 0 Å². The van der Waals surface area contributed by atoms with Crippen molar-refractivity contribution in [1.82, 2.24) is 9.80 Å². The second-order valence-corrected chi connectivity index (χ2v) is 9.21. The summed E-state index contributed by atoms with van der Waals surface area (Å²) in [6.07, 6.45) is 2.49. The minimum Gasteiger partial charge on any atom is -0.330 e. The highest BCUT2D eigenvalue weighted by Crippen LogP contribution is 2.37. The lowest BCUT2D eigenvalue weighted by Gasteiger charge is -2.38. The number of alkyl halides is 1. The number of carbonyl (C=O) groups excluding carboxylic acids is 2. The van der Waals surface area contributed by atoms with Crippen LogP contribution in [0.1, 0.15) is 35.9 Å². The highest BCUT2D eigenvalue weighted by atomic mass is 35.5. The molecule has 3 rings (SSSR count). The second kappa shape index (κ2) is 9.14. The van der Waals surface area contributed by atoms with E-state index in [2.05, 4.69) is 30.2 Å². The number of benzene rings is 1. The van der Waals surface area contributed by atoms with Crippen molar-refractivity contribution in [3.63, 3.8) is 0 Å². The van der Waals surface area contributed by atoms with Crippen molar-refractivity contribution >= 4 is 34.8 Å². The summed E-state index contributed by atoms with van der Waals surface area (Å²) in [6.45, 7) is 8.32.